The molecule has 1 aromatic carbocycles. The number of anilines is 3. The van der Waals surface area contributed by atoms with Crippen LogP contribution in [0, 0.1) is 0 Å². The predicted molar refractivity (Wildman–Crippen MR) is 73.8 cm³/mol. The number of nitrogens with zero attached hydrogens (tertiary/aromatic N) is 1. The van der Waals surface area contributed by atoms with Crippen LogP contribution in [0.3, 0.4) is 0 Å². The van der Waals surface area contributed by atoms with Gasteiger partial charge in [-0.3, -0.25) is 4.98 Å². The molecule has 0 radical (unpaired) electrons. The molecule has 2 rings (SSSR count). The molecule has 0 saturated carbocycles. The third kappa shape index (κ3) is 2.36. The lowest BCUT2D eigenvalue weighted by molar-refractivity contribution is 1.31. The summed E-state index contributed by atoms with van der Waals surface area (Å²) in [5, 5.41) is 3.25. The number of aromatic nitrogens is 1. The number of rotatable bonds is 2. The Bertz CT molecular complexity index is 494. The number of para-hydroxylation sites is 1. The van der Waals surface area contributed by atoms with E-state index in [4.69, 9.17) is 5.73 Å². The largest absolute Gasteiger partial charge is 0.396 e. The van der Waals surface area contributed by atoms with E-state index in [1.54, 1.807) is 12.4 Å². The Kier molecular flexibility index (Phi) is 3.46. The molecule has 2 aromatic rings. The van der Waals surface area contributed by atoms with E-state index in [0.29, 0.717) is 5.69 Å². The topological polar surface area (TPSA) is 50.9 Å². The Labute approximate surface area is 110 Å². The zero-order valence-corrected chi connectivity index (χ0v) is 11.4. The number of nitrogen functional groups attached to an aromatic ring is 1. The predicted octanol–water partition coefficient (Wildman–Crippen LogP) is 3.93. The second-order valence-corrected chi connectivity index (χ2v) is 4.90. The molecule has 0 bridgehead atoms. The number of hydrogen-bond acceptors (Lipinski definition) is 3. The molecule has 0 aliphatic carbocycles. The first kappa shape index (κ1) is 11.4. The van der Waals surface area contributed by atoms with E-state index in [1.807, 2.05) is 24.3 Å². The number of nitrogens with one attached hydrogen (secondary N) is 1. The second-order valence-electron chi connectivity index (χ2n) is 3.19. The molecule has 3 N–H and O–H groups in total. The Balaban J connectivity index is 2.38. The molecule has 3 nitrogen and oxygen atoms in total. The smallest absolute Gasteiger partial charge is 0.0794 e. The molecule has 0 atom stereocenters. The number of hydrogen-bond donors (Lipinski definition) is 2. The fourth-order valence-corrected chi connectivity index (χ4v) is 2.11. The van der Waals surface area contributed by atoms with E-state index < -0.39 is 0 Å². The van der Waals surface area contributed by atoms with Crippen molar-refractivity contribution < 1.29 is 0 Å². The van der Waals surface area contributed by atoms with Crippen LogP contribution in [-0.2, 0) is 0 Å². The number of benzene rings is 1. The first-order chi connectivity index (χ1) is 7.68. The first-order valence-electron chi connectivity index (χ1n) is 4.59. The summed E-state index contributed by atoms with van der Waals surface area (Å²) in [6.45, 7) is 0. The fourth-order valence-electron chi connectivity index (χ4n) is 1.28. The molecule has 0 unspecified atom stereocenters. The maximum Gasteiger partial charge on any atom is 0.0794 e. The molecule has 82 valence electrons. The van der Waals surface area contributed by atoms with E-state index >= 15 is 0 Å². The van der Waals surface area contributed by atoms with E-state index in [0.717, 1.165) is 20.3 Å². The average molecular weight is 343 g/mol. The SMILES string of the molecule is Nc1cncc(Br)c1Nc1ccccc1Br. The van der Waals surface area contributed by atoms with Crippen molar-refractivity contribution in [3.63, 3.8) is 0 Å². The molecule has 0 amide bonds. The van der Waals surface area contributed by atoms with Gasteiger partial charge in [0.1, 0.15) is 0 Å². The van der Waals surface area contributed by atoms with Gasteiger partial charge in [0, 0.05) is 10.7 Å². The average Bonchev–Trinajstić information content (AvgIpc) is 2.26. The highest BCUT2D eigenvalue weighted by Crippen LogP contribution is 2.32. The van der Waals surface area contributed by atoms with E-state index in [-0.39, 0.29) is 0 Å². The van der Waals surface area contributed by atoms with Crippen molar-refractivity contribution in [2.75, 3.05) is 11.1 Å². The van der Waals surface area contributed by atoms with Gasteiger partial charge in [-0.15, -0.1) is 0 Å². The normalized spacial score (nSPS) is 10.1. The molecule has 0 saturated heterocycles. The third-order valence-electron chi connectivity index (χ3n) is 2.06. The standard InChI is InChI=1S/C11H9Br2N3/c12-7-3-1-2-4-10(7)16-11-8(13)5-15-6-9(11)14/h1-6H,14H2,(H,15,16). The zero-order chi connectivity index (χ0) is 11.5. The molecule has 0 aliphatic heterocycles. The van der Waals surface area contributed by atoms with Gasteiger partial charge >= 0.3 is 0 Å². The summed E-state index contributed by atoms with van der Waals surface area (Å²) in [5.74, 6) is 0. The Morgan fingerprint density at radius 2 is 1.81 bits per heavy atom. The number of halogens is 2. The highest BCUT2D eigenvalue weighted by Gasteiger charge is 2.06. The minimum atomic E-state index is 0.602. The summed E-state index contributed by atoms with van der Waals surface area (Å²) < 4.78 is 1.82. The Morgan fingerprint density at radius 3 is 2.50 bits per heavy atom. The van der Waals surface area contributed by atoms with E-state index in [2.05, 4.69) is 42.2 Å². The Morgan fingerprint density at radius 1 is 1.06 bits per heavy atom. The van der Waals surface area contributed by atoms with E-state index in [1.165, 1.54) is 0 Å². The molecular formula is C11H9Br2N3. The molecule has 5 heteroatoms. The first-order valence-corrected chi connectivity index (χ1v) is 6.17. The monoisotopic (exact) mass is 341 g/mol. The maximum absolute atomic E-state index is 5.85. The van der Waals surface area contributed by atoms with Gasteiger partial charge < -0.3 is 11.1 Å². The highest BCUT2D eigenvalue weighted by molar-refractivity contribution is 9.11. The van der Waals surface area contributed by atoms with Crippen LogP contribution in [0.25, 0.3) is 0 Å². The van der Waals surface area contributed by atoms with Crippen molar-refractivity contribution >= 4 is 48.9 Å². The van der Waals surface area contributed by atoms with Crippen LogP contribution in [0.2, 0.25) is 0 Å². The van der Waals surface area contributed by atoms with Crippen LogP contribution >= 0.6 is 31.9 Å². The van der Waals surface area contributed by atoms with E-state index in [9.17, 15) is 0 Å². The lowest BCUT2D eigenvalue weighted by Gasteiger charge is -2.11. The van der Waals surface area contributed by atoms with Crippen molar-refractivity contribution in [1.82, 2.24) is 4.98 Å². The lowest BCUT2D eigenvalue weighted by Crippen LogP contribution is -1.98. The second kappa shape index (κ2) is 4.84. The summed E-state index contributed by atoms with van der Waals surface area (Å²) >= 11 is 6.88. The van der Waals surface area contributed by atoms with Gasteiger partial charge in [-0.05, 0) is 44.0 Å². The molecule has 1 heterocycles. The van der Waals surface area contributed by atoms with Crippen molar-refractivity contribution in [1.29, 1.82) is 0 Å². The van der Waals surface area contributed by atoms with Crippen LogP contribution in [0.4, 0.5) is 17.1 Å². The minimum Gasteiger partial charge on any atom is -0.396 e. The third-order valence-corrected chi connectivity index (χ3v) is 3.36. The van der Waals surface area contributed by atoms with Crippen molar-refractivity contribution in [2.45, 2.75) is 0 Å². The van der Waals surface area contributed by atoms with Gasteiger partial charge in [-0.2, -0.15) is 0 Å². The van der Waals surface area contributed by atoms with Gasteiger partial charge in [0.2, 0.25) is 0 Å². The van der Waals surface area contributed by atoms with Crippen molar-refractivity contribution in [3.05, 3.63) is 45.6 Å². The van der Waals surface area contributed by atoms with Crippen LogP contribution < -0.4 is 11.1 Å². The molecule has 0 spiro atoms. The van der Waals surface area contributed by atoms with Crippen LogP contribution in [0.15, 0.2) is 45.6 Å². The zero-order valence-electron chi connectivity index (χ0n) is 8.24. The molecular weight excluding hydrogens is 334 g/mol. The van der Waals surface area contributed by atoms with Crippen molar-refractivity contribution in [2.24, 2.45) is 0 Å². The summed E-state index contributed by atoms with van der Waals surface area (Å²) in [6.07, 6.45) is 3.32. The van der Waals surface area contributed by atoms with Gasteiger partial charge in [-0.25, -0.2) is 0 Å². The summed E-state index contributed by atoms with van der Waals surface area (Å²) in [6, 6.07) is 7.85. The molecule has 0 aliphatic rings. The van der Waals surface area contributed by atoms with Gasteiger partial charge in [0.25, 0.3) is 0 Å². The van der Waals surface area contributed by atoms with Crippen LogP contribution in [0.5, 0.6) is 0 Å². The minimum absolute atomic E-state index is 0.602. The van der Waals surface area contributed by atoms with Gasteiger partial charge in [0.05, 0.1) is 27.7 Å². The quantitative estimate of drug-likeness (QED) is 0.869. The van der Waals surface area contributed by atoms with Crippen molar-refractivity contribution in [3.8, 4) is 0 Å². The maximum atomic E-state index is 5.85. The number of pyridine rings is 1. The summed E-state index contributed by atoms with van der Waals surface area (Å²) in [4.78, 5) is 3.98. The highest BCUT2D eigenvalue weighted by atomic mass is 79.9. The molecule has 16 heavy (non-hydrogen) atoms. The Hall–Kier alpha value is -1.07. The molecule has 0 fully saturated rings. The lowest BCUT2D eigenvalue weighted by atomic mass is 10.3. The summed E-state index contributed by atoms with van der Waals surface area (Å²) in [5.41, 5.74) is 8.23. The summed E-state index contributed by atoms with van der Waals surface area (Å²) in [7, 11) is 0. The molecule has 1 aromatic heterocycles. The number of nitrogens with two attached hydrogens (primary N) is 1. The van der Waals surface area contributed by atoms with Crippen LogP contribution in [-0.4, -0.2) is 4.98 Å². The van der Waals surface area contributed by atoms with Gasteiger partial charge in [0.15, 0.2) is 0 Å². The fraction of sp³-hybridized carbons (Fsp3) is 0. The van der Waals surface area contributed by atoms with Gasteiger partial charge in [-0.1, -0.05) is 12.1 Å². The van der Waals surface area contributed by atoms with Crippen LogP contribution in [0.1, 0.15) is 0 Å².